The third kappa shape index (κ3) is 9.59. The van der Waals surface area contributed by atoms with Crippen molar-refractivity contribution in [2.24, 2.45) is 11.7 Å². The molecule has 0 spiro atoms. The number of allylic oxidation sites excluding steroid dienone is 3. The van der Waals surface area contributed by atoms with Crippen LogP contribution in [0.15, 0.2) is 66.4 Å². The van der Waals surface area contributed by atoms with E-state index in [2.05, 4.69) is 29.9 Å². The second kappa shape index (κ2) is 15.9. The minimum atomic E-state index is -1.88. The monoisotopic (exact) mass is 570 g/mol. The molecule has 40 heavy (non-hydrogen) atoms. The maximum atomic E-state index is 12.3. The summed E-state index contributed by atoms with van der Waals surface area (Å²) in [6.45, 7) is 10.4. The maximum Gasteiger partial charge on any atom is 0.254 e. The molecule has 2 unspecified atom stereocenters. The fourth-order valence-corrected chi connectivity index (χ4v) is 4.54. The lowest BCUT2D eigenvalue weighted by atomic mass is 10.00. The minimum Gasteiger partial charge on any atom is -0.380 e. The predicted molar refractivity (Wildman–Crippen MR) is 156 cm³/mol. The van der Waals surface area contributed by atoms with Gasteiger partial charge in [-0.05, 0) is 56.7 Å². The third-order valence-electron chi connectivity index (χ3n) is 6.40. The molecular weight excluding hydrogens is 532 g/mol. The lowest BCUT2D eigenvalue weighted by Crippen LogP contribution is -2.50. The lowest BCUT2D eigenvalue weighted by Gasteiger charge is -2.23. The Kier molecular flexibility index (Phi) is 13.0. The number of aliphatic hydroxyl groups excluding tert-OH is 2. The average Bonchev–Trinajstić information content (AvgIpc) is 3.47. The van der Waals surface area contributed by atoms with Gasteiger partial charge in [0.05, 0.1) is 11.7 Å². The molecule has 1 aliphatic heterocycles. The zero-order valence-electron chi connectivity index (χ0n) is 23.2. The fraction of sp³-hybridized carbons (Fsp3) is 0.400. The number of carbonyl (C=O) groups excluding carboxylic acids is 3. The van der Waals surface area contributed by atoms with E-state index < -0.39 is 36.0 Å². The van der Waals surface area contributed by atoms with Crippen LogP contribution in [0.1, 0.15) is 62.1 Å². The van der Waals surface area contributed by atoms with E-state index in [-0.39, 0.29) is 0 Å². The summed E-state index contributed by atoms with van der Waals surface area (Å²) in [6, 6.07) is 9.73. The smallest absolute Gasteiger partial charge is 0.254 e. The fourth-order valence-electron chi connectivity index (χ4n) is 4.29. The Hall–Kier alpha value is -3.53. The van der Waals surface area contributed by atoms with Crippen LogP contribution in [-0.2, 0) is 9.59 Å². The lowest BCUT2D eigenvalue weighted by molar-refractivity contribution is -0.152. The molecule has 1 saturated heterocycles. The summed E-state index contributed by atoms with van der Waals surface area (Å²) in [5.74, 6) is -1.53. The Morgan fingerprint density at radius 3 is 2.33 bits per heavy atom. The summed E-state index contributed by atoms with van der Waals surface area (Å²) in [6.07, 6.45) is 4.57. The number of carbonyl (C=O) groups is 3. The molecule has 9 nitrogen and oxygen atoms in total. The first-order valence-corrected chi connectivity index (χ1v) is 13.6. The summed E-state index contributed by atoms with van der Waals surface area (Å²) in [5, 5.41) is 23.5. The number of nitrogens with one attached hydrogen (secondary N) is 1. The van der Waals surface area contributed by atoms with Crippen molar-refractivity contribution in [2.75, 3.05) is 13.1 Å². The molecule has 0 bridgehead atoms. The molecule has 0 aliphatic carbocycles. The van der Waals surface area contributed by atoms with Gasteiger partial charge in [0.25, 0.3) is 11.8 Å². The molecule has 3 rings (SSSR count). The molecule has 5 N–H and O–H groups in total. The van der Waals surface area contributed by atoms with E-state index in [1.807, 2.05) is 13.0 Å². The summed E-state index contributed by atoms with van der Waals surface area (Å²) in [7, 11) is 0. The quantitative estimate of drug-likeness (QED) is 0.320. The van der Waals surface area contributed by atoms with E-state index in [0.29, 0.717) is 41.4 Å². The van der Waals surface area contributed by atoms with Crippen molar-refractivity contribution in [3.05, 3.63) is 77.6 Å². The standard InChI is InChI=1S/C22H26N4O5.C8H13Cl/c1-13(25-21(30)18(27)19(28)22(31)26-10-4-5-11-26)17-9-8-14(12-24-17)15-6-2-3-7-16(15)20(23)29;1-4-5-7(2)6-8(3)9/h2-3,6-9,12-13,18-19,27-28H,4-5,10-11H2,1H3,(H2,23,29)(H,25,30);4-5,7H,3,6H2,1-2H3/b;5-4-/t13?,18-,19-;/m1./s1. The number of rotatable bonds is 10. The number of pyridine rings is 1. The molecule has 1 aromatic carbocycles. The van der Waals surface area contributed by atoms with Crippen molar-refractivity contribution in [1.29, 1.82) is 0 Å². The van der Waals surface area contributed by atoms with E-state index in [0.717, 1.165) is 24.3 Å². The molecule has 2 aromatic rings. The zero-order chi connectivity index (χ0) is 29.8. The van der Waals surface area contributed by atoms with Gasteiger partial charge in [-0.15, -0.1) is 0 Å². The van der Waals surface area contributed by atoms with Gasteiger partial charge < -0.3 is 26.2 Å². The topological polar surface area (TPSA) is 146 Å². The molecule has 216 valence electrons. The summed E-state index contributed by atoms with van der Waals surface area (Å²) >= 11 is 5.58. The first-order valence-electron chi connectivity index (χ1n) is 13.2. The van der Waals surface area contributed by atoms with E-state index in [1.54, 1.807) is 49.5 Å². The van der Waals surface area contributed by atoms with Crippen LogP contribution in [0.4, 0.5) is 0 Å². The highest BCUT2D eigenvalue weighted by Crippen LogP contribution is 2.24. The first kappa shape index (κ1) is 32.7. The number of hydrogen-bond donors (Lipinski definition) is 4. The van der Waals surface area contributed by atoms with Crippen LogP contribution >= 0.6 is 11.6 Å². The van der Waals surface area contributed by atoms with Crippen LogP contribution in [0.5, 0.6) is 0 Å². The number of aliphatic hydroxyl groups is 2. The van der Waals surface area contributed by atoms with E-state index in [1.165, 1.54) is 4.90 Å². The maximum absolute atomic E-state index is 12.3. The number of halogens is 1. The van der Waals surface area contributed by atoms with Gasteiger partial charge in [0.2, 0.25) is 5.91 Å². The minimum absolute atomic E-state index is 0.373. The van der Waals surface area contributed by atoms with Gasteiger partial charge in [0.15, 0.2) is 12.2 Å². The second-order valence-electron chi connectivity index (χ2n) is 9.76. The second-order valence-corrected chi connectivity index (χ2v) is 10.3. The van der Waals surface area contributed by atoms with Gasteiger partial charge in [-0.2, -0.15) is 0 Å². The highest BCUT2D eigenvalue weighted by atomic mass is 35.5. The van der Waals surface area contributed by atoms with Gasteiger partial charge in [-0.3, -0.25) is 19.4 Å². The van der Waals surface area contributed by atoms with Gasteiger partial charge in [-0.1, -0.05) is 61.5 Å². The van der Waals surface area contributed by atoms with E-state index in [4.69, 9.17) is 17.3 Å². The van der Waals surface area contributed by atoms with Crippen LogP contribution in [0.25, 0.3) is 11.1 Å². The number of aromatic nitrogens is 1. The molecular formula is C30H39ClN4O5. The average molecular weight is 571 g/mol. The number of amides is 3. The number of hydrogen-bond acceptors (Lipinski definition) is 6. The Labute approximate surface area is 240 Å². The Morgan fingerprint density at radius 1 is 1.12 bits per heavy atom. The molecule has 1 fully saturated rings. The van der Waals surface area contributed by atoms with Gasteiger partial charge in [0, 0.05) is 35.4 Å². The Morgan fingerprint density at radius 2 is 1.77 bits per heavy atom. The third-order valence-corrected chi connectivity index (χ3v) is 6.55. The molecule has 0 radical (unpaired) electrons. The van der Waals surface area contributed by atoms with Crippen LogP contribution < -0.4 is 11.1 Å². The van der Waals surface area contributed by atoms with Crippen LogP contribution in [0.2, 0.25) is 0 Å². The van der Waals surface area contributed by atoms with Crippen molar-refractivity contribution >= 4 is 29.3 Å². The van der Waals surface area contributed by atoms with Crippen molar-refractivity contribution in [1.82, 2.24) is 15.2 Å². The summed E-state index contributed by atoms with van der Waals surface area (Å²) in [5.41, 5.74) is 7.62. The molecule has 3 amide bonds. The van der Waals surface area contributed by atoms with Gasteiger partial charge in [0.1, 0.15) is 0 Å². The Balaban J connectivity index is 0.000000536. The SMILES string of the molecule is C=C(Cl)CC(C)/C=C\C.CC(NC(=O)[C@H](O)[C@@H](O)C(=O)N1CCCC1)c1ccc(-c2ccccc2C(N)=O)cn1. The number of nitrogens with zero attached hydrogens (tertiary/aromatic N) is 2. The number of likely N-dealkylation sites (tertiary alicyclic amines) is 1. The first-order chi connectivity index (χ1) is 19.0. The molecule has 2 heterocycles. The van der Waals surface area contributed by atoms with E-state index in [9.17, 15) is 24.6 Å². The van der Waals surface area contributed by atoms with E-state index >= 15 is 0 Å². The number of benzene rings is 1. The van der Waals surface area contributed by atoms with Crippen molar-refractivity contribution in [3.8, 4) is 11.1 Å². The largest absolute Gasteiger partial charge is 0.380 e. The van der Waals surface area contributed by atoms with Crippen molar-refractivity contribution < 1.29 is 24.6 Å². The summed E-state index contributed by atoms with van der Waals surface area (Å²) < 4.78 is 0. The van der Waals surface area contributed by atoms with Crippen molar-refractivity contribution in [2.45, 2.75) is 58.3 Å². The normalized spacial score (nSPS) is 15.9. The molecule has 1 aliphatic rings. The summed E-state index contributed by atoms with van der Waals surface area (Å²) in [4.78, 5) is 41.9. The predicted octanol–water partition coefficient (Wildman–Crippen LogP) is 3.71. The highest BCUT2D eigenvalue weighted by Gasteiger charge is 2.34. The molecule has 1 aromatic heterocycles. The number of primary amides is 1. The number of nitrogens with two attached hydrogens (primary N) is 1. The van der Waals surface area contributed by atoms with Gasteiger partial charge >= 0.3 is 0 Å². The van der Waals surface area contributed by atoms with Gasteiger partial charge in [-0.25, -0.2) is 0 Å². The van der Waals surface area contributed by atoms with Crippen LogP contribution in [0.3, 0.4) is 0 Å². The zero-order valence-corrected chi connectivity index (χ0v) is 24.0. The van der Waals surface area contributed by atoms with Crippen molar-refractivity contribution in [3.63, 3.8) is 0 Å². The molecule has 4 atom stereocenters. The highest BCUT2D eigenvalue weighted by molar-refractivity contribution is 6.29. The van der Waals surface area contributed by atoms with Crippen LogP contribution in [0, 0.1) is 5.92 Å². The molecule has 10 heteroatoms. The Bertz CT molecular complexity index is 1190. The van der Waals surface area contributed by atoms with Crippen LogP contribution in [-0.4, -0.2) is 63.1 Å². The molecule has 0 saturated carbocycles.